The van der Waals surface area contributed by atoms with Gasteiger partial charge in [-0.1, -0.05) is 17.7 Å². The Morgan fingerprint density at radius 3 is 2.61 bits per heavy atom. The number of hydrogen-bond acceptors (Lipinski definition) is 3. The first-order chi connectivity index (χ1) is 13.4. The van der Waals surface area contributed by atoms with Crippen molar-refractivity contribution in [1.29, 1.82) is 0 Å². The molecule has 3 heterocycles. The molecule has 3 aromatic heterocycles. The fourth-order valence-corrected chi connectivity index (χ4v) is 3.39. The number of aryl methyl sites for hydroxylation is 3. The van der Waals surface area contributed by atoms with Gasteiger partial charge in [-0.25, -0.2) is 9.67 Å². The SMILES string of the molecule is CN=C(NCc1ccc(-n2nc(C)cc2C)nc1)N(C)Cc1cc(Cl)cn1C. The average Bonchev–Trinajstić information content (AvgIpc) is 3.16. The zero-order valence-electron chi connectivity index (χ0n) is 16.9. The molecule has 8 heteroatoms. The zero-order chi connectivity index (χ0) is 20.3. The highest BCUT2D eigenvalue weighted by Gasteiger charge is 2.10. The van der Waals surface area contributed by atoms with E-state index in [0.717, 1.165) is 39.4 Å². The summed E-state index contributed by atoms with van der Waals surface area (Å²) in [6.45, 7) is 5.34. The lowest BCUT2D eigenvalue weighted by Crippen LogP contribution is -2.38. The van der Waals surface area contributed by atoms with Gasteiger partial charge in [0.15, 0.2) is 11.8 Å². The maximum atomic E-state index is 6.07. The van der Waals surface area contributed by atoms with Gasteiger partial charge in [0.2, 0.25) is 0 Å². The lowest BCUT2D eigenvalue weighted by molar-refractivity contribution is 0.461. The van der Waals surface area contributed by atoms with Crippen molar-refractivity contribution in [3.8, 4) is 5.82 Å². The van der Waals surface area contributed by atoms with Crippen LogP contribution in [0.2, 0.25) is 5.02 Å². The van der Waals surface area contributed by atoms with Gasteiger partial charge in [0.1, 0.15) is 0 Å². The fraction of sp³-hybridized carbons (Fsp3) is 0.350. The van der Waals surface area contributed by atoms with Crippen LogP contribution in [0.5, 0.6) is 0 Å². The smallest absolute Gasteiger partial charge is 0.194 e. The molecule has 0 spiro atoms. The first kappa shape index (κ1) is 19.9. The van der Waals surface area contributed by atoms with Crippen LogP contribution in [0.4, 0.5) is 0 Å². The highest BCUT2D eigenvalue weighted by Crippen LogP contribution is 2.14. The number of guanidine groups is 1. The lowest BCUT2D eigenvalue weighted by atomic mass is 10.3. The van der Waals surface area contributed by atoms with Gasteiger partial charge in [0.25, 0.3) is 0 Å². The van der Waals surface area contributed by atoms with Crippen LogP contribution in [-0.4, -0.2) is 44.3 Å². The van der Waals surface area contributed by atoms with Gasteiger partial charge in [-0.2, -0.15) is 5.10 Å². The summed E-state index contributed by atoms with van der Waals surface area (Å²) >= 11 is 6.07. The van der Waals surface area contributed by atoms with E-state index in [1.54, 1.807) is 7.05 Å². The number of rotatable bonds is 5. The number of aromatic nitrogens is 4. The molecule has 0 unspecified atom stereocenters. The predicted octanol–water partition coefficient (Wildman–Crippen LogP) is 3.08. The number of hydrogen-bond donors (Lipinski definition) is 1. The van der Waals surface area contributed by atoms with E-state index in [9.17, 15) is 0 Å². The quantitative estimate of drug-likeness (QED) is 0.529. The molecular formula is C20H26ClN7. The summed E-state index contributed by atoms with van der Waals surface area (Å²) in [4.78, 5) is 11.0. The summed E-state index contributed by atoms with van der Waals surface area (Å²) in [5.41, 5.74) is 4.24. The molecule has 28 heavy (non-hydrogen) atoms. The normalized spacial score (nSPS) is 11.7. The molecule has 1 N–H and O–H groups in total. The van der Waals surface area contributed by atoms with Crippen molar-refractivity contribution in [3.63, 3.8) is 0 Å². The minimum Gasteiger partial charge on any atom is -0.352 e. The van der Waals surface area contributed by atoms with E-state index >= 15 is 0 Å². The molecule has 0 fully saturated rings. The van der Waals surface area contributed by atoms with Crippen LogP contribution < -0.4 is 5.32 Å². The van der Waals surface area contributed by atoms with Gasteiger partial charge in [0, 0.05) is 51.5 Å². The summed E-state index contributed by atoms with van der Waals surface area (Å²) in [6.07, 6.45) is 3.76. The van der Waals surface area contributed by atoms with Gasteiger partial charge in [-0.15, -0.1) is 0 Å². The molecule has 3 rings (SSSR count). The molecule has 0 aliphatic heterocycles. The van der Waals surface area contributed by atoms with Crippen molar-refractivity contribution in [3.05, 3.63) is 64.3 Å². The van der Waals surface area contributed by atoms with Crippen molar-refractivity contribution < 1.29 is 0 Å². The van der Waals surface area contributed by atoms with Crippen molar-refractivity contribution in [1.82, 2.24) is 29.5 Å². The van der Waals surface area contributed by atoms with Gasteiger partial charge in [0.05, 0.1) is 17.3 Å². The number of nitrogens with zero attached hydrogens (tertiary/aromatic N) is 6. The van der Waals surface area contributed by atoms with Crippen LogP contribution >= 0.6 is 11.6 Å². The minimum absolute atomic E-state index is 0.634. The third-order valence-electron chi connectivity index (χ3n) is 4.53. The van der Waals surface area contributed by atoms with Gasteiger partial charge in [-0.05, 0) is 37.6 Å². The van der Waals surface area contributed by atoms with Crippen molar-refractivity contribution in [2.24, 2.45) is 12.0 Å². The first-order valence-corrected chi connectivity index (χ1v) is 9.46. The minimum atomic E-state index is 0.634. The van der Waals surface area contributed by atoms with Crippen molar-refractivity contribution >= 4 is 17.6 Å². The standard InChI is InChI=1S/C20H26ClN7/c1-14-8-15(2)28(25-14)19-7-6-16(10-23-19)11-24-20(22-3)27(5)13-18-9-17(21)12-26(18)4/h6-10,12H,11,13H2,1-5H3,(H,22,24). The van der Waals surface area contributed by atoms with Crippen LogP contribution in [0.25, 0.3) is 5.82 Å². The third-order valence-corrected chi connectivity index (χ3v) is 4.74. The molecule has 0 amide bonds. The molecule has 0 bridgehead atoms. The van der Waals surface area contributed by atoms with Crippen molar-refractivity contribution in [2.45, 2.75) is 26.9 Å². The summed E-state index contributed by atoms with van der Waals surface area (Å²) < 4.78 is 3.87. The Bertz CT molecular complexity index is 969. The number of halogens is 1. The fourth-order valence-electron chi connectivity index (χ4n) is 3.11. The molecule has 0 saturated heterocycles. The van der Waals surface area contributed by atoms with Gasteiger partial charge < -0.3 is 14.8 Å². The number of aliphatic imine (C=N–C) groups is 1. The van der Waals surface area contributed by atoms with Crippen LogP contribution in [0.15, 0.2) is 41.7 Å². The molecule has 0 aromatic carbocycles. The van der Waals surface area contributed by atoms with E-state index in [1.165, 1.54) is 0 Å². The van der Waals surface area contributed by atoms with Gasteiger partial charge in [-0.3, -0.25) is 4.99 Å². The second-order valence-corrected chi connectivity index (χ2v) is 7.32. The predicted molar refractivity (Wildman–Crippen MR) is 113 cm³/mol. The van der Waals surface area contributed by atoms with Gasteiger partial charge >= 0.3 is 0 Å². The van der Waals surface area contributed by atoms with E-state index in [1.807, 2.05) is 67.8 Å². The third kappa shape index (κ3) is 4.54. The summed E-state index contributed by atoms with van der Waals surface area (Å²) in [5, 5.41) is 8.59. The van der Waals surface area contributed by atoms with E-state index in [0.29, 0.717) is 13.1 Å². The molecule has 7 nitrogen and oxygen atoms in total. The average molecular weight is 400 g/mol. The Morgan fingerprint density at radius 1 is 1.29 bits per heavy atom. The molecule has 0 aliphatic carbocycles. The highest BCUT2D eigenvalue weighted by atomic mass is 35.5. The van der Waals surface area contributed by atoms with Crippen LogP contribution in [0, 0.1) is 13.8 Å². The number of nitrogens with one attached hydrogen (secondary N) is 1. The molecule has 0 saturated carbocycles. The largest absolute Gasteiger partial charge is 0.352 e. The molecule has 0 radical (unpaired) electrons. The van der Waals surface area contributed by atoms with Crippen molar-refractivity contribution in [2.75, 3.05) is 14.1 Å². The first-order valence-electron chi connectivity index (χ1n) is 9.08. The second kappa shape index (κ2) is 8.48. The zero-order valence-corrected chi connectivity index (χ0v) is 17.7. The summed E-state index contributed by atoms with van der Waals surface area (Å²) in [7, 11) is 5.77. The number of pyridine rings is 1. The van der Waals surface area contributed by atoms with E-state index < -0.39 is 0 Å². The Hall–Kier alpha value is -2.80. The van der Waals surface area contributed by atoms with Crippen LogP contribution in [-0.2, 0) is 20.1 Å². The lowest BCUT2D eigenvalue weighted by Gasteiger charge is -2.22. The Kier molecular flexibility index (Phi) is 6.04. The van der Waals surface area contributed by atoms with Crippen LogP contribution in [0.3, 0.4) is 0 Å². The molecule has 148 valence electrons. The molecular weight excluding hydrogens is 374 g/mol. The maximum absolute atomic E-state index is 6.07. The Labute approximate surface area is 170 Å². The Morgan fingerprint density at radius 2 is 2.07 bits per heavy atom. The van der Waals surface area contributed by atoms with E-state index in [4.69, 9.17) is 11.6 Å². The summed E-state index contributed by atoms with van der Waals surface area (Å²) in [6, 6.07) is 8.04. The topological polar surface area (TPSA) is 63.3 Å². The summed E-state index contributed by atoms with van der Waals surface area (Å²) in [5.74, 6) is 1.62. The molecule has 3 aromatic rings. The molecule has 0 atom stereocenters. The maximum Gasteiger partial charge on any atom is 0.194 e. The second-order valence-electron chi connectivity index (χ2n) is 6.88. The monoisotopic (exact) mass is 399 g/mol. The highest BCUT2D eigenvalue weighted by molar-refractivity contribution is 6.30. The Balaban J connectivity index is 1.62. The van der Waals surface area contributed by atoms with Crippen LogP contribution in [0.1, 0.15) is 22.6 Å². The van der Waals surface area contributed by atoms with E-state index in [-0.39, 0.29) is 0 Å². The molecule has 0 aliphatic rings. The van der Waals surface area contributed by atoms with E-state index in [2.05, 4.69) is 31.4 Å².